The fraction of sp³-hybridized carbons (Fsp3) is 0.474. The van der Waals surface area contributed by atoms with Crippen LogP contribution in [0.3, 0.4) is 0 Å². The van der Waals surface area contributed by atoms with Crippen LogP contribution >= 0.6 is 0 Å². The molecule has 0 aliphatic carbocycles. The van der Waals surface area contributed by atoms with Gasteiger partial charge in [0.05, 0.1) is 0 Å². The van der Waals surface area contributed by atoms with Crippen molar-refractivity contribution in [3.63, 3.8) is 0 Å². The van der Waals surface area contributed by atoms with Crippen LogP contribution in [0.25, 0.3) is 11.1 Å². The summed E-state index contributed by atoms with van der Waals surface area (Å²) in [6.07, 6.45) is 9.14. The number of hydrogen-bond acceptors (Lipinski definition) is 2. The Balaban J connectivity index is 1.71. The second kappa shape index (κ2) is 16.6. The molecule has 0 saturated carbocycles. The molecule has 0 unspecified atom stereocenters. The van der Waals surface area contributed by atoms with Gasteiger partial charge in [-0.2, -0.15) is 0 Å². The van der Waals surface area contributed by atoms with Crippen LogP contribution in [0.5, 0.6) is 5.75 Å². The van der Waals surface area contributed by atoms with Crippen LogP contribution < -0.4 is 8.32 Å². The van der Waals surface area contributed by atoms with Gasteiger partial charge in [0.15, 0.2) is 0 Å². The molecule has 0 radical (unpaired) electrons. The molecular weight excluding hydrogens is 605 g/mol. The molecule has 1 aliphatic heterocycles. The van der Waals surface area contributed by atoms with Crippen LogP contribution in [0.2, 0.25) is 13.3 Å². The zero-order chi connectivity index (χ0) is 28.9. The zero-order valence-electron chi connectivity index (χ0n) is 26.3. The standard InChI is InChI=1S/C26H26NO.3C4H9.Sn/c1-2-25(21-9-5-3-6-10-21)26(22-11-7-4-8-12-22)23-13-15-24(16-14-23)28-20-19-27-17-18-27;3*1-3-4-2;/h3,5-16H,2,17-20H2,1H3;3*1,3-4H2,2H3;. The van der Waals surface area contributed by atoms with E-state index in [-0.39, 0.29) is 0 Å². The van der Waals surface area contributed by atoms with E-state index in [1.807, 2.05) is 0 Å². The minimum atomic E-state index is -2.47. The molecule has 41 heavy (non-hydrogen) atoms. The van der Waals surface area contributed by atoms with Crippen molar-refractivity contribution < 1.29 is 4.74 Å². The number of hydrogen-bond donors (Lipinski definition) is 0. The second-order valence-electron chi connectivity index (χ2n) is 12.0. The van der Waals surface area contributed by atoms with Gasteiger partial charge >= 0.3 is 238 Å². The summed E-state index contributed by atoms with van der Waals surface area (Å²) in [7, 11) is 0. The van der Waals surface area contributed by atoms with Gasteiger partial charge < -0.3 is 0 Å². The fourth-order valence-corrected chi connectivity index (χ4v) is 22.3. The molecule has 0 amide bonds. The van der Waals surface area contributed by atoms with Crippen LogP contribution in [0, 0.1) is 0 Å². The quantitative estimate of drug-likeness (QED) is 0.0767. The zero-order valence-corrected chi connectivity index (χ0v) is 29.1. The van der Waals surface area contributed by atoms with Crippen molar-refractivity contribution in [2.75, 3.05) is 26.2 Å². The first kappa shape index (κ1) is 31.9. The molecule has 3 aromatic carbocycles. The number of benzene rings is 3. The SMILES string of the molecule is CCC[CH2][Sn]([CH2]CCC)([CH2]CCC)[c]1ccc(C(=C(CC)c2ccccc2)c2ccc(OCCN3CC3)cc2)cc1. The number of allylic oxidation sites excluding steroid dienone is 1. The van der Waals surface area contributed by atoms with Crippen molar-refractivity contribution in [1.29, 1.82) is 0 Å². The first-order valence-corrected chi connectivity index (χ1v) is 24.0. The molecule has 2 nitrogen and oxygen atoms in total. The summed E-state index contributed by atoms with van der Waals surface area (Å²) in [5.74, 6) is 0.963. The van der Waals surface area contributed by atoms with E-state index in [1.165, 1.54) is 92.8 Å². The van der Waals surface area contributed by atoms with Crippen LogP contribution in [-0.2, 0) is 0 Å². The molecule has 3 heteroatoms. The Labute approximate surface area is 255 Å². The summed E-state index contributed by atoms with van der Waals surface area (Å²) < 4.78 is 12.4. The Morgan fingerprint density at radius 3 is 1.68 bits per heavy atom. The summed E-state index contributed by atoms with van der Waals surface area (Å²) in [6, 6.07) is 29.9. The van der Waals surface area contributed by atoms with Crippen molar-refractivity contribution in [2.24, 2.45) is 0 Å². The Bertz CT molecular complexity index is 1170. The second-order valence-corrected chi connectivity index (χ2v) is 25.2. The van der Waals surface area contributed by atoms with E-state index in [9.17, 15) is 0 Å². The third-order valence-corrected chi connectivity index (χ3v) is 24.6. The van der Waals surface area contributed by atoms with Crippen LogP contribution in [-0.4, -0.2) is 49.5 Å². The summed E-state index contributed by atoms with van der Waals surface area (Å²) >= 11 is -2.47. The van der Waals surface area contributed by atoms with Gasteiger partial charge in [-0.3, -0.25) is 4.90 Å². The molecule has 0 aromatic heterocycles. The van der Waals surface area contributed by atoms with E-state index in [0.29, 0.717) is 0 Å². The van der Waals surface area contributed by atoms with Crippen molar-refractivity contribution in [3.05, 3.63) is 95.6 Å². The van der Waals surface area contributed by atoms with Crippen LogP contribution in [0.4, 0.5) is 0 Å². The molecule has 1 fully saturated rings. The minimum absolute atomic E-state index is 0.759. The molecule has 0 atom stereocenters. The van der Waals surface area contributed by atoms with Gasteiger partial charge in [0.25, 0.3) is 0 Å². The number of ether oxygens (including phenoxy) is 1. The summed E-state index contributed by atoms with van der Waals surface area (Å²) in [6.45, 7) is 13.6. The van der Waals surface area contributed by atoms with Crippen molar-refractivity contribution >= 4 is 33.1 Å². The van der Waals surface area contributed by atoms with E-state index in [1.54, 1.807) is 3.58 Å². The van der Waals surface area contributed by atoms with Gasteiger partial charge in [-0.25, -0.2) is 0 Å². The van der Waals surface area contributed by atoms with Gasteiger partial charge in [0, 0.05) is 13.1 Å². The Hall–Kier alpha value is -2.04. The van der Waals surface area contributed by atoms with Gasteiger partial charge in [0.2, 0.25) is 0 Å². The van der Waals surface area contributed by atoms with E-state index < -0.39 is 18.4 Å². The molecule has 4 rings (SSSR count). The molecule has 0 N–H and O–H groups in total. The van der Waals surface area contributed by atoms with Crippen molar-refractivity contribution in [1.82, 2.24) is 4.90 Å². The maximum absolute atomic E-state index is 6.07. The molecule has 3 aromatic rings. The average molecular weight is 659 g/mol. The summed E-state index contributed by atoms with van der Waals surface area (Å²) in [5, 5.41) is 0. The molecule has 220 valence electrons. The number of nitrogens with zero attached hydrogens (tertiary/aromatic N) is 1. The molecule has 1 aliphatic rings. The van der Waals surface area contributed by atoms with Crippen LogP contribution in [0.1, 0.15) is 89.3 Å². The van der Waals surface area contributed by atoms with Crippen molar-refractivity contribution in [2.45, 2.75) is 86.0 Å². The Morgan fingerprint density at radius 1 is 0.659 bits per heavy atom. The Kier molecular flexibility index (Phi) is 12.9. The third kappa shape index (κ3) is 8.97. The van der Waals surface area contributed by atoms with E-state index in [2.05, 4.69) is 111 Å². The molecule has 1 heterocycles. The molecule has 1 saturated heterocycles. The van der Waals surface area contributed by atoms with E-state index in [4.69, 9.17) is 4.74 Å². The maximum atomic E-state index is 6.07. The first-order valence-electron chi connectivity index (χ1n) is 16.5. The predicted molar refractivity (Wildman–Crippen MR) is 182 cm³/mol. The van der Waals surface area contributed by atoms with Gasteiger partial charge in [0.1, 0.15) is 0 Å². The average Bonchev–Trinajstić information content (AvgIpc) is 3.85. The van der Waals surface area contributed by atoms with Gasteiger partial charge in [-0.1, -0.05) is 0 Å². The van der Waals surface area contributed by atoms with Crippen molar-refractivity contribution in [3.8, 4) is 5.75 Å². The summed E-state index contributed by atoms with van der Waals surface area (Å²) in [5.41, 5.74) is 6.69. The van der Waals surface area contributed by atoms with E-state index >= 15 is 0 Å². The third-order valence-electron chi connectivity index (χ3n) is 8.95. The topological polar surface area (TPSA) is 12.2 Å². The first-order chi connectivity index (χ1) is 20.1. The summed E-state index contributed by atoms with van der Waals surface area (Å²) in [4.78, 5) is 2.40. The van der Waals surface area contributed by atoms with Gasteiger partial charge in [-0.15, -0.1) is 0 Å². The Morgan fingerprint density at radius 2 is 1.20 bits per heavy atom. The molecular formula is C38H53NOSn. The molecule has 0 bridgehead atoms. The fourth-order valence-electron chi connectivity index (χ4n) is 6.33. The predicted octanol–water partition coefficient (Wildman–Crippen LogP) is 9.81. The molecule has 0 spiro atoms. The van der Waals surface area contributed by atoms with Crippen LogP contribution in [0.15, 0.2) is 78.9 Å². The normalized spacial score (nSPS) is 14.1. The number of unbranched alkanes of at least 4 members (excludes halogenated alkanes) is 3. The van der Waals surface area contributed by atoms with E-state index in [0.717, 1.165) is 25.3 Å². The number of rotatable bonds is 18. The van der Waals surface area contributed by atoms with Gasteiger partial charge in [-0.05, 0) is 0 Å². The monoisotopic (exact) mass is 659 g/mol.